The van der Waals surface area contributed by atoms with Crippen molar-refractivity contribution in [2.45, 2.75) is 18.4 Å². The summed E-state index contributed by atoms with van der Waals surface area (Å²) in [6.45, 7) is 2.14. The van der Waals surface area contributed by atoms with E-state index in [2.05, 4.69) is 14.7 Å². The van der Waals surface area contributed by atoms with E-state index in [0.717, 1.165) is 0 Å². The first-order chi connectivity index (χ1) is 14.9. The number of hydrogen-bond donors (Lipinski definition) is 0. The fourth-order valence-electron chi connectivity index (χ4n) is 2.83. The summed E-state index contributed by atoms with van der Waals surface area (Å²) in [6.07, 6.45) is 5.05. The highest BCUT2D eigenvalue weighted by Crippen LogP contribution is 2.29. The molecule has 0 bridgehead atoms. The lowest BCUT2D eigenvalue weighted by Crippen LogP contribution is -2.27. The Labute approximate surface area is 187 Å². The van der Waals surface area contributed by atoms with E-state index >= 15 is 0 Å². The minimum Gasteiger partial charge on any atom is -0.466 e. The zero-order valence-electron chi connectivity index (χ0n) is 17.2. The lowest BCUT2D eigenvalue weighted by atomic mass is 10.2. The van der Waals surface area contributed by atoms with Crippen LogP contribution in [0.5, 0.6) is 0 Å². The molecule has 1 aliphatic heterocycles. The molecule has 0 radical (unpaired) electrons. The van der Waals surface area contributed by atoms with Gasteiger partial charge in [0.25, 0.3) is 0 Å². The molecule has 3 heterocycles. The van der Waals surface area contributed by atoms with Crippen molar-refractivity contribution in [3.63, 3.8) is 0 Å². The van der Waals surface area contributed by atoms with Crippen LogP contribution in [-0.4, -0.2) is 65.0 Å². The van der Waals surface area contributed by atoms with Crippen molar-refractivity contribution >= 4 is 41.4 Å². The predicted octanol–water partition coefficient (Wildman–Crippen LogP) is 2.90. The minimum atomic E-state index is -0.528. The topological polar surface area (TPSA) is 112 Å². The normalized spacial score (nSPS) is 14.9. The number of rotatable bonds is 8. The highest BCUT2D eigenvalue weighted by molar-refractivity contribution is 8.04. The molecule has 9 nitrogen and oxygen atoms in total. The molecule has 0 N–H and O–H groups in total. The van der Waals surface area contributed by atoms with Gasteiger partial charge in [-0.3, -0.25) is 4.79 Å². The number of hydrogen-bond acceptors (Lipinski definition) is 10. The van der Waals surface area contributed by atoms with Gasteiger partial charge < -0.3 is 18.8 Å². The number of nitrogens with zero attached hydrogens (tertiary/aromatic N) is 3. The molecule has 11 heteroatoms. The Kier molecular flexibility index (Phi) is 7.75. The van der Waals surface area contributed by atoms with Crippen molar-refractivity contribution in [2.75, 3.05) is 32.3 Å². The third-order valence-electron chi connectivity index (χ3n) is 4.31. The van der Waals surface area contributed by atoms with Crippen LogP contribution in [0.25, 0.3) is 11.6 Å². The van der Waals surface area contributed by atoms with Crippen LogP contribution in [0.1, 0.15) is 22.5 Å². The lowest BCUT2D eigenvalue weighted by Gasteiger charge is -2.17. The molecule has 164 valence electrons. The second-order valence-electron chi connectivity index (χ2n) is 6.32. The first-order valence-electron chi connectivity index (χ1n) is 9.31. The summed E-state index contributed by atoms with van der Waals surface area (Å²) in [7, 11) is 1.28. The molecule has 0 atom stereocenters. The van der Waals surface area contributed by atoms with Gasteiger partial charge in [0.1, 0.15) is 10.6 Å². The van der Waals surface area contributed by atoms with Gasteiger partial charge in [0.15, 0.2) is 11.6 Å². The molecule has 31 heavy (non-hydrogen) atoms. The van der Waals surface area contributed by atoms with E-state index in [1.54, 1.807) is 19.1 Å². The molecule has 3 rings (SSSR count). The number of thioether (sulfide) groups is 2. The maximum absolute atomic E-state index is 12.7. The molecule has 0 aromatic carbocycles. The summed E-state index contributed by atoms with van der Waals surface area (Å²) < 4.78 is 15.3. The monoisotopic (exact) mass is 463 g/mol. The first-order valence-corrected chi connectivity index (χ1v) is 11.5. The van der Waals surface area contributed by atoms with Crippen LogP contribution in [0, 0.1) is 6.92 Å². The number of carbonyl (C=O) groups excluding carboxylic acids is 3. The Morgan fingerprint density at radius 2 is 2.19 bits per heavy atom. The fraction of sp³-hybridized carbons (Fsp3) is 0.350. The summed E-state index contributed by atoms with van der Waals surface area (Å²) in [6, 6.07) is 3.49. The fourth-order valence-corrected chi connectivity index (χ4v) is 4.40. The number of aromatic nitrogens is 2. The largest absolute Gasteiger partial charge is 0.466 e. The molecule has 2 aromatic rings. The standard InChI is InChI=1S/C20H21N3O6S2/c1-12-17(19(30-3)22-18(21-12)13-6-4-8-28-13)20(26)29-9-5-7-23-14(24)11-31-15(23)10-16(25)27-2/h4,6,8,10H,5,7,9,11H2,1-3H3/b15-10+. The van der Waals surface area contributed by atoms with Crippen molar-refractivity contribution in [3.8, 4) is 11.6 Å². The van der Waals surface area contributed by atoms with Gasteiger partial charge in [-0.15, -0.1) is 11.8 Å². The van der Waals surface area contributed by atoms with Crippen molar-refractivity contribution in [1.29, 1.82) is 0 Å². The molecule has 0 saturated carbocycles. The zero-order chi connectivity index (χ0) is 22.4. The minimum absolute atomic E-state index is 0.103. The van der Waals surface area contributed by atoms with Gasteiger partial charge in [-0.25, -0.2) is 19.6 Å². The van der Waals surface area contributed by atoms with E-state index < -0.39 is 11.9 Å². The molecule has 1 aliphatic rings. The van der Waals surface area contributed by atoms with Crippen LogP contribution in [0.2, 0.25) is 0 Å². The Morgan fingerprint density at radius 1 is 1.39 bits per heavy atom. The zero-order valence-corrected chi connectivity index (χ0v) is 18.9. The van der Waals surface area contributed by atoms with Gasteiger partial charge in [-0.1, -0.05) is 11.8 Å². The summed E-state index contributed by atoms with van der Waals surface area (Å²) >= 11 is 2.59. The smallest absolute Gasteiger partial charge is 0.342 e. The van der Waals surface area contributed by atoms with Gasteiger partial charge in [0.05, 0.1) is 42.5 Å². The van der Waals surface area contributed by atoms with E-state index in [1.165, 1.54) is 47.9 Å². The first kappa shape index (κ1) is 22.9. The van der Waals surface area contributed by atoms with Crippen molar-refractivity contribution in [2.24, 2.45) is 0 Å². The van der Waals surface area contributed by atoms with Crippen LogP contribution in [0.15, 0.2) is 38.9 Å². The highest BCUT2D eigenvalue weighted by atomic mass is 32.2. The molecular formula is C20H21N3O6S2. The quantitative estimate of drug-likeness (QED) is 0.190. The number of furan rings is 1. The Morgan fingerprint density at radius 3 is 2.87 bits per heavy atom. The number of methoxy groups -OCH3 is 1. The van der Waals surface area contributed by atoms with Crippen LogP contribution in [-0.2, 0) is 19.1 Å². The lowest BCUT2D eigenvalue weighted by molar-refractivity contribution is -0.134. The molecule has 1 fully saturated rings. The molecule has 0 spiro atoms. The molecule has 1 amide bonds. The molecular weight excluding hydrogens is 442 g/mol. The Hall–Kier alpha value is -2.79. The van der Waals surface area contributed by atoms with Gasteiger partial charge in [0, 0.05) is 6.54 Å². The SMILES string of the molecule is COC(=O)/C=C1/SCC(=O)N1CCCOC(=O)c1c(C)nc(-c2ccco2)nc1SC. The number of amides is 1. The van der Waals surface area contributed by atoms with Crippen LogP contribution >= 0.6 is 23.5 Å². The van der Waals surface area contributed by atoms with Gasteiger partial charge in [0.2, 0.25) is 5.91 Å². The van der Waals surface area contributed by atoms with E-state index in [0.29, 0.717) is 45.9 Å². The Balaban J connectivity index is 1.61. The predicted molar refractivity (Wildman–Crippen MR) is 115 cm³/mol. The van der Waals surface area contributed by atoms with Gasteiger partial charge in [-0.2, -0.15) is 0 Å². The number of aryl methyl sites for hydroxylation is 1. The van der Waals surface area contributed by atoms with E-state index in [4.69, 9.17) is 9.15 Å². The Bertz CT molecular complexity index is 1010. The van der Waals surface area contributed by atoms with Crippen LogP contribution in [0.3, 0.4) is 0 Å². The number of carbonyl (C=O) groups is 3. The maximum atomic E-state index is 12.7. The third kappa shape index (κ3) is 5.47. The summed E-state index contributed by atoms with van der Waals surface area (Å²) in [4.78, 5) is 46.4. The van der Waals surface area contributed by atoms with Crippen molar-refractivity contribution in [3.05, 3.63) is 40.8 Å². The van der Waals surface area contributed by atoms with Gasteiger partial charge in [-0.05, 0) is 31.7 Å². The second kappa shape index (κ2) is 10.5. The average Bonchev–Trinajstić information content (AvgIpc) is 3.41. The number of esters is 2. The van der Waals surface area contributed by atoms with Gasteiger partial charge >= 0.3 is 11.9 Å². The van der Waals surface area contributed by atoms with Crippen LogP contribution < -0.4 is 0 Å². The van der Waals surface area contributed by atoms with Crippen molar-refractivity contribution in [1.82, 2.24) is 14.9 Å². The van der Waals surface area contributed by atoms with E-state index in [1.807, 2.05) is 6.26 Å². The maximum Gasteiger partial charge on any atom is 0.342 e. The van der Waals surface area contributed by atoms with E-state index in [-0.39, 0.29) is 18.3 Å². The summed E-state index contributed by atoms with van der Waals surface area (Å²) in [5.74, 6) is 0.0275. The summed E-state index contributed by atoms with van der Waals surface area (Å²) in [5, 5.41) is 1.03. The average molecular weight is 464 g/mol. The molecule has 0 aliphatic carbocycles. The highest BCUT2D eigenvalue weighted by Gasteiger charge is 2.27. The van der Waals surface area contributed by atoms with Crippen LogP contribution in [0.4, 0.5) is 0 Å². The second-order valence-corrected chi connectivity index (χ2v) is 8.11. The molecule has 0 unspecified atom stereocenters. The number of ether oxygens (including phenoxy) is 2. The van der Waals surface area contributed by atoms with E-state index in [9.17, 15) is 14.4 Å². The third-order valence-corrected chi connectivity index (χ3v) is 6.02. The van der Waals surface area contributed by atoms with Crippen molar-refractivity contribution < 1.29 is 28.3 Å². The molecule has 1 saturated heterocycles. The summed E-state index contributed by atoms with van der Waals surface area (Å²) in [5.41, 5.74) is 0.798. The molecule has 2 aromatic heterocycles.